The summed E-state index contributed by atoms with van der Waals surface area (Å²) in [7, 11) is 0. The summed E-state index contributed by atoms with van der Waals surface area (Å²) in [4.78, 5) is 9.25. The van der Waals surface area contributed by atoms with Crippen molar-refractivity contribution in [1.82, 2.24) is 9.88 Å². The van der Waals surface area contributed by atoms with Crippen molar-refractivity contribution >= 4 is 17.4 Å². The van der Waals surface area contributed by atoms with Crippen LogP contribution < -0.4 is 10.2 Å². The van der Waals surface area contributed by atoms with Gasteiger partial charge < -0.3 is 19.5 Å². The fraction of sp³-hybridized carbons (Fsp3) is 0.286. The lowest BCUT2D eigenvalue weighted by Gasteiger charge is -2.35. The summed E-state index contributed by atoms with van der Waals surface area (Å²) in [6.07, 6.45) is 1.75. The summed E-state index contributed by atoms with van der Waals surface area (Å²) in [6, 6.07) is 19.0. The van der Waals surface area contributed by atoms with Gasteiger partial charge in [0.05, 0.1) is 6.20 Å². The molecule has 5 nitrogen and oxygen atoms in total. The number of piperazine rings is 1. The molecule has 0 bridgehead atoms. The lowest BCUT2D eigenvalue weighted by atomic mass is 10.2. The Morgan fingerprint density at radius 1 is 0.962 bits per heavy atom. The zero-order valence-electron chi connectivity index (χ0n) is 15.1. The molecule has 0 aliphatic carbocycles. The van der Waals surface area contributed by atoms with Gasteiger partial charge in [-0.25, -0.2) is 4.98 Å². The number of nitrogens with one attached hydrogen (secondary N) is 1. The Morgan fingerprint density at radius 2 is 1.69 bits per heavy atom. The highest BCUT2D eigenvalue weighted by molar-refractivity contribution is 5.61. The van der Waals surface area contributed by atoms with Gasteiger partial charge in [-0.2, -0.15) is 0 Å². The van der Waals surface area contributed by atoms with Crippen molar-refractivity contribution < 1.29 is 4.42 Å². The van der Waals surface area contributed by atoms with Gasteiger partial charge in [-0.15, -0.1) is 0 Å². The lowest BCUT2D eigenvalue weighted by molar-refractivity contribution is 0.271. The molecule has 0 atom stereocenters. The second-order valence-corrected chi connectivity index (χ2v) is 6.49. The zero-order valence-corrected chi connectivity index (χ0v) is 15.1. The minimum atomic E-state index is 0.508. The van der Waals surface area contributed by atoms with Crippen LogP contribution >= 0.6 is 0 Å². The van der Waals surface area contributed by atoms with Crippen molar-refractivity contribution in [1.29, 1.82) is 0 Å². The third kappa shape index (κ3) is 3.73. The van der Waals surface area contributed by atoms with E-state index in [1.54, 1.807) is 6.20 Å². The highest BCUT2D eigenvalue weighted by Crippen LogP contribution is 2.25. The van der Waals surface area contributed by atoms with Crippen LogP contribution in [0.4, 0.5) is 17.4 Å². The van der Waals surface area contributed by atoms with Crippen molar-refractivity contribution in [3.05, 3.63) is 60.8 Å². The van der Waals surface area contributed by atoms with Crippen LogP contribution in [0.5, 0.6) is 0 Å². The Bertz CT molecular complexity index is 821. The highest BCUT2D eigenvalue weighted by Gasteiger charge is 2.15. The third-order valence-electron chi connectivity index (χ3n) is 4.87. The van der Waals surface area contributed by atoms with Crippen LogP contribution in [0.25, 0.3) is 11.3 Å². The molecule has 0 amide bonds. The molecule has 1 fully saturated rings. The van der Waals surface area contributed by atoms with Crippen LogP contribution in [0.15, 0.2) is 65.2 Å². The number of anilines is 3. The minimum absolute atomic E-state index is 0.508. The summed E-state index contributed by atoms with van der Waals surface area (Å²) < 4.78 is 5.81. The monoisotopic (exact) mass is 348 g/mol. The molecule has 1 aromatic heterocycles. The maximum atomic E-state index is 5.81. The molecule has 0 saturated carbocycles. The number of aromatic nitrogens is 1. The Hall–Kier alpha value is -2.79. The molecule has 1 saturated heterocycles. The van der Waals surface area contributed by atoms with E-state index in [0.29, 0.717) is 6.01 Å². The standard InChI is InChI=1S/C21H24N4O/c1-2-24-12-14-25(15-13-24)19-10-8-18(9-11-19)23-21-22-16-20(26-21)17-6-4-3-5-7-17/h3-11,16H,2,12-15H2,1H3,(H,22,23). The second kappa shape index (κ2) is 7.62. The van der Waals surface area contributed by atoms with Crippen LogP contribution in [0.1, 0.15) is 6.92 Å². The van der Waals surface area contributed by atoms with E-state index in [4.69, 9.17) is 4.42 Å². The Kier molecular flexibility index (Phi) is 4.88. The SMILES string of the molecule is CCN1CCN(c2ccc(Nc3ncc(-c4ccccc4)o3)cc2)CC1. The lowest BCUT2D eigenvalue weighted by Crippen LogP contribution is -2.46. The van der Waals surface area contributed by atoms with Gasteiger partial charge >= 0.3 is 0 Å². The van der Waals surface area contributed by atoms with Crippen LogP contribution in [0, 0.1) is 0 Å². The summed E-state index contributed by atoms with van der Waals surface area (Å²) in [5.74, 6) is 0.763. The van der Waals surface area contributed by atoms with Gasteiger partial charge in [0, 0.05) is 43.1 Å². The molecule has 1 N–H and O–H groups in total. The van der Waals surface area contributed by atoms with Gasteiger partial charge in [0.1, 0.15) is 0 Å². The predicted molar refractivity (Wildman–Crippen MR) is 106 cm³/mol. The molecule has 3 aromatic rings. The molecule has 0 unspecified atom stereocenters. The average molecular weight is 348 g/mol. The topological polar surface area (TPSA) is 44.5 Å². The normalized spacial score (nSPS) is 15.2. The molecule has 26 heavy (non-hydrogen) atoms. The van der Waals surface area contributed by atoms with Crippen LogP contribution in [-0.4, -0.2) is 42.6 Å². The molecular weight excluding hydrogens is 324 g/mol. The van der Waals surface area contributed by atoms with Crippen molar-refractivity contribution in [3.8, 4) is 11.3 Å². The van der Waals surface area contributed by atoms with E-state index in [1.807, 2.05) is 30.3 Å². The minimum Gasteiger partial charge on any atom is -0.423 e. The summed E-state index contributed by atoms with van der Waals surface area (Å²) in [5.41, 5.74) is 3.26. The number of hydrogen-bond donors (Lipinski definition) is 1. The van der Waals surface area contributed by atoms with Gasteiger partial charge in [0.2, 0.25) is 0 Å². The smallest absolute Gasteiger partial charge is 0.299 e. The van der Waals surface area contributed by atoms with Crippen molar-refractivity contribution in [3.63, 3.8) is 0 Å². The Balaban J connectivity index is 1.40. The average Bonchev–Trinajstić information content (AvgIpc) is 3.18. The Morgan fingerprint density at radius 3 is 2.38 bits per heavy atom. The number of hydrogen-bond acceptors (Lipinski definition) is 5. The summed E-state index contributed by atoms with van der Waals surface area (Å²) in [5, 5.41) is 3.24. The van der Waals surface area contributed by atoms with E-state index in [0.717, 1.165) is 49.7 Å². The van der Waals surface area contributed by atoms with Gasteiger partial charge in [-0.3, -0.25) is 0 Å². The molecular formula is C21H24N4O. The molecule has 4 rings (SSSR count). The van der Waals surface area contributed by atoms with Crippen molar-refractivity contribution in [2.75, 3.05) is 42.9 Å². The van der Waals surface area contributed by atoms with Crippen LogP contribution in [0.3, 0.4) is 0 Å². The molecule has 5 heteroatoms. The molecule has 1 aliphatic rings. The van der Waals surface area contributed by atoms with E-state index >= 15 is 0 Å². The number of nitrogens with zero attached hydrogens (tertiary/aromatic N) is 3. The third-order valence-corrected chi connectivity index (χ3v) is 4.87. The van der Waals surface area contributed by atoms with E-state index in [2.05, 4.69) is 51.3 Å². The maximum absolute atomic E-state index is 5.81. The fourth-order valence-corrected chi connectivity index (χ4v) is 3.27. The summed E-state index contributed by atoms with van der Waals surface area (Å²) >= 11 is 0. The largest absolute Gasteiger partial charge is 0.423 e. The second-order valence-electron chi connectivity index (χ2n) is 6.49. The van der Waals surface area contributed by atoms with E-state index < -0.39 is 0 Å². The van der Waals surface area contributed by atoms with E-state index in [1.165, 1.54) is 5.69 Å². The maximum Gasteiger partial charge on any atom is 0.299 e. The number of benzene rings is 2. The molecule has 2 aromatic carbocycles. The highest BCUT2D eigenvalue weighted by atomic mass is 16.4. The molecule has 1 aliphatic heterocycles. The van der Waals surface area contributed by atoms with Crippen molar-refractivity contribution in [2.45, 2.75) is 6.92 Å². The van der Waals surface area contributed by atoms with Gasteiger partial charge in [0.25, 0.3) is 6.01 Å². The Labute approximate surface area is 154 Å². The fourth-order valence-electron chi connectivity index (χ4n) is 3.27. The van der Waals surface area contributed by atoms with Crippen LogP contribution in [-0.2, 0) is 0 Å². The molecule has 134 valence electrons. The van der Waals surface area contributed by atoms with Crippen LogP contribution in [0.2, 0.25) is 0 Å². The number of rotatable bonds is 5. The van der Waals surface area contributed by atoms with Gasteiger partial charge in [0.15, 0.2) is 5.76 Å². The first-order valence-electron chi connectivity index (χ1n) is 9.17. The predicted octanol–water partition coefficient (Wildman–Crippen LogP) is 4.23. The van der Waals surface area contributed by atoms with Gasteiger partial charge in [-0.1, -0.05) is 37.3 Å². The van der Waals surface area contributed by atoms with E-state index in [9.17, 15) is 0 Å². The number of likely N-dealkylation sites (N-methyl/N-ethyl adjacent to an activating group) is 1. The zero-order chi connectivity index (χ0) is 17.8. The van der Waals surface area contributed by atoms with Crippen molar-refractivity contribution in [2.24, 2.45) is 0 Å². The quantitative estimate of drug-likeness (QED) is 0.748. The first-order chi connectivity index (χ1) is 12.8. The van der Waals surface area contributed by atoms with E-state index in [-0.39, 0.29) is 0 Å². The molecule has 2 heterocycles. The number of oxazole rings is 1. The first kappa shape index (κ1) is 16.7. The molecule has 0 spiro atoms. The summed E-state index contributed by atoms with van der Waals surface area (Å²) in [6.45, 7) is 7.80. The first-order valence-corrected chi connectivity index (χ1v) is 9.17. The molecule has 0 radical (unpaired) electrons. The van der Waals surface area contributed by atoms with Gasteiger partial charge in [-0.05, 0) is 30.8 Å².